The summed E-state index contributed by atoms with van der Waals surface area (Å²) in [6, 6.07) is 6.40. The van der Waals surface area contributed by atoms with Crippen molar-refractivity contribution < 1.29 is 4.21 Å². The predicted octanol–water partition coefficient (Wildman–Crippen LogP) is 2.54. The van der Waals surface area contributed by atoms with Crippen LogP contribution in [-0.2, 0) is 10.8 Å². The van der Waals surface area contributed by atoms with Gasteiger partial charge in [0.15, 0.2) is 0 Å². The van der Waals surface area contributed by atoms with E-state index in [1.807, 2.05) is 13.8 Å². The Balaban J connectivity index is 2.28. The lowest BCUT2D eigenvalue weighted by molar-refractivity contribution is 0.526. The third-order valence-corrected chi connectivity index (χ3v) is 5.97. The lowest BCUT2D eigenvalue weighted by atomic mass is 10.1. The molecule has 1 aliphatic carbocycles. The summed E-state index contributed by atoms with van der Waals surface area (Å²) >= 11 is 0. The first kappa shape index (κ1) is 12.8. The van der Waals surface area contributed by atoms with Crippen LogP contribution in [0.1, 0.15) is 30.9 Å². The molecular weight excluding hydrogens is 230 g/mol. The maximum absolute atomic E-state index is 12.6. The third-order valence-electron chi connectivity index (χ3n) is 3.88. The molecule has 1 aromatic carbocycles. The van der Waals surface area contributed by atoms with Crippen molar-refractivity contribution in [2.24, 2.45) is 11.7 Å². The zero-order valence-corrected chi connectivity index (χ0v) is 11.6. The Morgan fingerprint density at radius 2 is 2.00 bits per heavy atom. The van der Waals surface area contributed by atoms with Gasteiger partial charge in [-0.3, -0.25) is 4.21 Å². The Kier molecular flexibility index (Phi) is 3.69. The Morgan fingerprint density at radius 1 is 1.29 bits per heavy atom. The molecular formula is C14H21NOS. The molecule has 1 fully saturated rings. The second kappa shape index (κ2) is 4.91. The Bertz CT molecular complexity index is 444. The van der Waals surface area contributed by atoms with E-state index in [-0.39, 0.29) is 11.3 Å². The Hall–Kier alpha value is -0.670. The van der Waals surface area contributed by atoms with Crippen LogP contribution in [0.25, 0.3) is 0 Å². The summed E-state index contributed by atoms with van der Waals surface area (Å²) in [5, 5.41) is 0.227. The molecule has 0 aromatic heterocycles. The zero-order chi connectivity index (χ0) is 12.6. The van der Waals surface area contributed by atoms with Crippen LogP contribution < -0.4 is 5.73 Å². The summed E-state index contributed by atoms with van der Waals surface area (Å²) in [5.41, 5.74) is 8.32. The van der Waals surface area contributed by atoms with Crippen molar-refractivity contribution in [1.82, 2.24) is 0 Å². The van der Waals surface area contributed by atoms with Crippen LogP contribution in [0.15, 0.2) is 23.1 Å². The number of nitrogens with two attached hydrogens (primary N) is 1. The molecule has 1 aromatic rings. The summed E-state index contributed by atoms with van der Waals surface area (Å²) in [5.74, 6) is 0.357. The van der Waals surface area contributed by atoms with E-state index in [4.69, 9.17) is 5.73 Å². The van der Waals surface area contributed by atoms with Gasteiger partial charge in [0.25, 0.3) is 0 Å². The molecule has 0 radical (unpaired) electrons. The highest BCUT2D eigenvalue weighted by atomic mass is 32.2. The van der Waals surface area contributed by atoms with E-state index in [9.17, 15) is 4.21 Å². The summed E-state index contributed by atoms with van der Waals surface area (Å²) in [6.07, 6.45) is 1.99. The van der Waals surface area contributed by atoms with E-state index in [0.717, 1.165) is 23.3 Å². The molecule has 2 nitrogen and oxygen atoms in total. The van der Waals surface area contributed by atoms with E-state index in [1.165, 1.54) is 5.56 Å². The van der Waals surface area contributed by atoms with Crippen LogP contribution in [0.3, 0.4) is 0 Å². The molecule has 4 atom stereocenters. The fraction of sp³-hybridized carbons (Fsp3) is 0.571. The van der Waals surface area contributed by atoms with Crippen molar-refractivity contribution in [2.45, 2.75) is 49.8 Å². The number of rotatable bonds is 2. The summed E-state index contributed by atoms with van der Waals surface area (Å²) in [4.78, 5) is 0.996. The van der Waals surface area contributed by atoms with Crippen LogP contribution in [0, 0.1) is 19.8 Å². The second-order valence-electron chi connectivity index (χ2n) is 5.21. The molecule has 2 rings (SSSR count). The molecule has 94 valence electrons. The van der Waals surface area contributed by atoms with Gasteiger partial charge in [-0.1, -0.05) is 19.1 Å². The molecule has 0 saturated heterocycles. The minimum Gasteiger partial charge on any atom is -0.327 e. The van der Waals surface area contributed by atoms with E-state index in [1.54, 1.807) is 0 Å². The minimum atomic E-state index is -0.911. The van der Waals surface area contributed by atoms with Gasteiger partial charge >= 0.3 is 0 Å². The first-order valence-corrected chi connectivity index (χ1v) is 7.45. The van der Waals surface area contributed by atoms with E-state index < -0.39 is 10.8 Å². The number of aryl methyl sites for hydroxylation is 2. The van der Waals surface area contributed by atoms with Crippen LogP contribution >= 0.6 is 0 Å². The van der Waals surface area contributed by atoms with Crippen molar-refractivity contribution in [2.75, 3.05) is 0 Å². The number of benzene rings is 1. The highest BCUT2D eigenvalue weighted by Gasteiger charge is 2.35. The highest BCUT2D eigenvalue weighted by molar-refractivity contribution is 7.85. The molecule has 0 bridgehead atoms. The van der Waals surface area contributed by atoms with Gasteiger partial charge in [-0.05, 0) is 49.8 Å². The Morgan fingerprint density at radius 3 is 2.59 bits per heavy atom. The smallest absolute Gasteiger partial charge is 0.0566 e. The number of hydrogen-bond acceptors (Lipinski definition) is 2. The van der Waals surface area contributed by atoms with Crippen molar-refractivity contribution in [3.8, 4) is 0 Å². The largest absolute Gasteiger partial charge is 0.327 e. The zero-order valence-electron chi connectivity index (χ0n) is 10.8. The standard InChI is InChI=1S/C14H21NOS/c1-9-4-5-10(2)14(8-9)17(16)13-7-6-12(15)11(13)3/h4-5,8,11-13H,6-7,15H2,1-3H3. The van der Waals surface area contributed by atoms with E-state index in [2.05, 4.69) is 25.1 Å². The van der Waals surface area contributed by atoms with Crippen molar-refractivity contribution >= 4 is 10.8 Å². The first-order valence-electron chi connectivity index (χ1n) is 6.24. The van der Waals surface area contributed by atoms with Crippen molar-refractivity contribution in [1.29, 1.82) is 0 Å². The summed E-state index contributed by atoms with van der Waals surface area (Å²) < 4.78 is 12.6. The fourth-order valence-electron chi connectivity index (χ4n) is 2.55. The van der Waals surface area contributed by atoms with Crippen LogP contribution in [0.5, 0.6) is 0 Å². The van der Waals surface area contributed by atoms with Gasteiger partial charge in [0.05, 0.1) is 10.8 Å². The SMILES string of the molecule is Cc1ccc(C)c(S(=O)C2CCC(N)C2C)c1. The molecule has 0 spiro atoms. The molecule has 0 heterocycles. The second-order valence-corrected chi connectivity index (χ2v) is 6.85. The molecule has 0 amide bonds. The van der Waals surface area contributed by atoms with Gasteiger partial charge in [-0.2, -0.15) is 0 Å². The first-order chi connectivity index (χ1) is 8.00. The average Bonchev–Trinajstić information content (AvgIpc) is 2.62. The topological polar surface area (TPSA) is 43.1 Å². The molecule has 0 aliphatic heterocycles. The summed E-state index contributed by atoms with van der Waals surface area (Å²) in [7, 11) is -0.911. The summed E-state index contributed by atoms with van der Waals surface area (Å²) in [6.45, 7) is 6.21. The van der Waals surface area contributed by atoms with Crippen molar-refractivity contribution in [3.05, 3.63) is 29.3 Å². The van der Waals surface area contributed by atoms with Crippen LogP contribution in [0.2, 0.25) is 0 Å². The highest BCUT2D eigenvalue weighted by Crippen LogP contribution is 2.32. The molecule has 1 aliphatic rings. The molecule has 1 saturated carbocycles. The van der Waals surface area contributed by atoms with Gasteiger partial charge in [0.2, 0.25) is 0 Å². The van der Waals surface area contributed by atoms with Gasteiger partial charge < -0.3 is 5.73 Å². The Labute approximate surface area is 106 Å². The predicted molar refractivity (Wildman–Crippen MR) is 72.5 cm³/mol. The molecule has 2 N–H and O–H groups in total. The molecule has 17 heavy (non-hydrogen) atoms. The molecule has 4 unspecified atom stereocenters. The lowest BCUT2D eigenvalue weighted by Crippen LogP contribution is -2.29. The molecule has 3 heteroatoms. The van der Waals surface area contributed by atoms with Gasteiger partial charge in [-0.25, -0.2) is 0 Å². The van der Waals surface area contributed by atoms with E-state index in [0.29, 0.717) is 5.92 Å². The van der Waals surface area contributed by atoms with Gasteiger partial charge in [0.1, 0.15) is 0 Å². The lowest BCUT2D eigenvalue weighted by Gasteiger charge is -2.19. The van der Waals surface area contributed by atoms with Gasteiger partial charge in [0, 0.05) is 16.2 Å². The minimum absolute atomic E-state index is 0.217. The third kappa shape index (κ3) is 2.45. The van der Waals surface area contributed by atoms with Crippen molar-refractivity contribution in [3.63, 3.8) is 0 Å². The monoisotopic (exact) mass is 251 g/mol. The van der Waals surface area contributed by atoms with Crippen LogP contribution in [-0.4, -0.2) is 15.5 Å². The fourth-order valence-corrected chi connectivity index (χ4v) is 4.50. The quantitative estimate of drug-likeness (QED) is 0.877. The average molecular weight is 251 g/mol. The maximum atomic E-state index is 12.6. The van der Waals surface area contributed by atoms with Gasteiger partial charge in [-0.15, -0.1) is 0 Å². The maximum Gasteiger partial charge on any atom is 0.0566 e. The van der Waals surface area contributed by atoms with E-state index >= 15 is 0 Å². The number of hydrogen-bond donors (Lipinski definition) is 1. The van der Waals surface area contributed by atoms with Crippen LogP contribution in [0.4, 0.5) is 0 Å². The normalized spacial score (nSPS) is 30.5.